The maximum Gasteiger partial charge on any atom is 0.326 e. The van der Waals surface area contributed by atoms with Crippen LogP contribution in [0.2, 0.25) is 0 Å². The standard InChI is InChI=1S/C43H71N11O16/c1-6-7-8-10-26(43(69)70)50-41(67)30-11-9-14-54(30)33(59)20-47-36(62)22(4)48-39(65)28(15-21(2)3)52-42(68)35(23(5)55)53-40(66)29(17-34(60)61)51-38(64)25(12-13-31(44)57)49-32(58)19-46-37(63)27-16-24(56)18-45-27/h21-30,35,45,55-56H,6-20H2,1-5H3,(H2,44,57)(H,46,63)(H,47,62)(H,48,65)(H,49,58)(H,50,67)(H,51,64)(H,52,68)(H,53,66)(H,60,61)(H,69,70)/t22-,23?,24+,25-,26-,27-,28-,29-,30-,35-/m0/s1. The number of carbonyl (C=O) groups is 12. The predicted octanol–water partition coefficient (Wildman–Crippen LogP) is -5.31. The van der Waals surface area contributed by atoms with Crippen LogP contribution in [0.15, 0.2) is 0 Å². The number of unbranched alkanes of at least 4 members (excludes halogenated alkanes) is 2. The number of aliphatic hydroxyl groups is 2. The van der Waals surface area contributed by atoms with Gasteiger partial charge in [0.05, 0.1) is 37.8 Å². The molecule has 2 aliphatic rings. The van der Waals surface area contributed by atoms with Crippen LogP contribution >= 0.6 is 0 Å². The van der Waals surface area contributed by atoms with Crippen LogP contribution in [0.5, 0.6) is 0 Å². The van der Waals surface area contributed by atoms with Gasteiger partial charge in [-0.05, 0) is 58.3 Å². The largest absolute Gasteiger partial charge is 0.481 e. The lowest BCUT2D eigenvalue weighted by Gasteiger charge is -2.28. The summed E-state index contributed by atoms with van der Waals surface area (Å²) < 4.78 is 0. The number of carbonyl (C=O) groups excluding carboxylic acids is 10. The first-order chi connectivity index (χ1) is 32.8. The Balaban J connectivity index is 2.10. The molecule has 0 bridgehead atoms. The summed E-state index contributed by atoms with van der Waals surface area (Å²) in [6.45, 7) is 6.87. The number of carboxylic acid groups (broad SMARTS) is 2. The third-order valence-corrected chi connectivity index (χ3v) is 11.3. The highest BCUT2D eigenvalue weighted by molar-refractivity contribution is 5.98. The summed E-state index contributed by atoms with van der Waals surface area (Å²) in [4.78, 5) is 155. The van der Waals surface area contributed by atoms with Gasteiger partial charge in [-0.25, -0.2) is 4.79 Å². The number of aliphatic hydroxyl groups excluding tert-OH is 2. The van der Waals surface area contributed by atoms with Gasteiger partial charge in [-0.3, -0.25) is 52.7 Å². The van der Waals surface area contributed by atoms with Crippen molar-refractivity contribution in [1.82, 2.24) is 52.8 Å². The highest BCUT2D eigenvalue weighted by Gasteiger charge is 2.38. The number of nitrogens with two attached hydrogens (primary N) is 1. The summed E-state index contributed by atoms with van der Waals surface area (Å²) in [5.41, 5.74) is 5.23. The molecule has 0 saturated carbocycles. The molecule has 0 aromatic carbocycles. The van der Waals surface area contributed by atoms with Gasteiger partial charge in [-0.1, -0.05) is 40.0 Å². The third kappa shape index (κ3) is 20.6. The number of primary amides is 1. The van der Waals surface area contributed by atoms with Gasteiger partial charge in [0.2, 0.25) is 59.1 Å². The molecular formula is C43H71N11O16. The van der Waals surface area contributed by atoms with Crippen molar-refractivity contribution in [2.45, 2.75) is 166 Å². The fraction of sp³-hybridized carbons (Fsp3) is 0.721. The summed E-state index contributed by atoms with van der Waals surface area (Å²) in [5.74, 6) is -12.1. The number of hydrogen-bond donors (Lipinski definition) is 14. The molecule has 0 aromatic rings. The van der Waals surface area contributed by atoms with E-state index in [1.54, 1.807) is 13.8 Å². The van der Waals surface area contributed by atoms with Gasteiger partial charge in [0.25, 0.3) is 0 Å². The third-order valence-electron chi connectivity index (χ3n) is 11.3. The van der Waals surface area contributed by atoms with Crippen LogP contribution in [0.3, 0.4) is 0 Å². The van der Waals surface area contributed by atoms with Gasteiger partial charge in [-0.2, -0.15) is 0 Å². The molecule has 10 atom stereocenters. The number of nitrogens with one attached hydrogen (secondary N) is 9. The molecule has 2 aliphatic heterocycles. The van der Waals surface area contributed by atoms with Crippen molar-refractivity contribution in [3.8, 4) is 0 Å². The lowest BCUT2D eigenvalue weighted by molar-refractivity contribution is -0.144. The van der Waals surface area contributed by atoms with E-state index in [9.17, 15) is 78.0 Å². The Morgan fingerprint density at radius 2 is 1.36 bits per heavy atom. The van der Waals surface area contributed by atoms with Crippen molar-refractivity contribution in [3.05, 3.63) is 0 Å². The Kier molecular flexibility index (Phi) is 25.2. The normalized spacial score (nSPS) is 19.4. The number of aliphatic carboxylic acids is 2. The Morgan fingerprint density at radius 3 is 1.93 bits per heavy atom. The van der Waals surface area contributed by atoms with E-state index in [1.165, 1.54) is 11.8 Å². The second-order valence-electron chi connectivity index (χ2n) is 17.9. The zero-order chi connectivity index (χ0) is 52.8. The molecule has 0 aliphatic carbocycles. The lowest BCUT2D eigenvalue weighted by Crippen LogP contribution is -2.61. The van der Waals surface area contributed by atoms with Crippen LogP contribution in [0.25, 0.3) is 0 Å². The molecule has 27 nitrogen and oxygen atoms in total. The molecule has 70 heavy (non-hydrogen) atoms. The molecule has 2 saturated heterocycles. The molecule has 15 N–H and O–H groups in total. The highest BCUT2D eigenvalue weighted by atomic mass is 16.4. The van der Waals surface area contributed by atoms with Crippen molar-refractivity contribution < 1.29 is 78.0 Å². The van der Waals surface area contributed by atoms with Crippen molar-refractivity contribution in [1.29, 1.82) is 0 Å². The Bertz CT molecular complexity index is 1900. The van der Waals surface area contributed by atoms with E-state index in [4.69, 9.17) is 5.73 Å². The Hall–Kier alpha value is -6.48. The molecule has 0 aromatic heterocycles. The first-order valence-electron chi connectivity index (χ1n) is 23.3. The smallest absolute Gasteiger partial charge is 0.326 e. The molecule has 0 radical (unpaired) electrons. The summed E-state index contributed by atoms with van der Waals surface area (Å²) in [5, 5.41) is 60.9. The molecular weight excluding hydrogens is 927 g/mol. The van der Waals surface area contributed by atoms with Gasteiger partial charge in [0.1, 0.15) is 42.3 Å². The minimum Gasteiger partial charge on any atom is -0.481 e. The first-order valence-corrected chi connectivity index (χ1v) is 23.3. The predicted molar refractivity (Wildman–Crippen MR) is 244 cm³/mol. The number of nitrogens with zero attached hydrogens (tertiary/aromatic N) is 1. The lowest BCUT2D eigenvalue weighted by atomic mass is 10.0. The number of amides is 10. The van der Waals surface area contributed by atoms with Gasteiger partial charge in [-0.15, -0.1) is 0 Å². The van der Waals surface area contributed by atoms with Crippen LogP contribution in [0.1, 0.15) is 105 Å². The van der Waals surface area contributed by atoms with E-state index in [0.29, 0.717) is 12.8 Å². The quantitative estimate of drug-likeness (QED) is 0.0299. The summed E-state index contributed by atoms with van der Waals surface area (Å²) in [6, 6.07) is -11.0. The van der Waals surface area contributed by atoms with E-state index in [2.05, 4.69) is 47.9 Å². The van der Waals surface area contributed by atoms with Crippen molar-refractivity contribution in [2.75, 3.05) is 26.2 Å². The number of carboxylic acids is 2. The van der Waals surface area contributed by atoms with E-state index in [0.717, 1.165) is 19.8 Å². The molecule has 394 valence electrons. The maximum absolute atomic E-state index is 13.6. The van der Waals surface area contributed by atoms with Crippen LogP contribution < -0.4 is 53.6 Å². The number of β-amino-alcohol motifs (C(OH)–C–C–N with tert-alkyl or cyclic N) is 1. The first kappa shape index (κ1) is 59.6. The Morgan fingerprint density at radius 1 is 0.714 bits per heavy atom. The fourth-order valence-electron chi connectivity index (χ4n) is 7.55. The monoisotopic (exact) mass is 998 g/mol. The summed E-state index contributed by atoms with van der Waals surface area (Å²) >= 11 is 0. The van der Waals surface area contributed by atoms with Crippen molar-refractivity contribution in [3.63, 3.8) is 0 Å². The number of likely N-dealkylation sites (tertiary alicyclic amines) is 1. The van der Waals surface area contributed by atoms with Gasteiger partial charge in [0, 0.05) is 19.5 Å². The van der Waals surface area contributed by atoms with Crippen molar-refractivity contribution in [2.24, 2.45) is 11.7 Å². The second kappa shape index (κ2) is 29.5. The number of hydrogen-bond acceptors (Lipinski definition) is 15. The van der Waals surface area contributed by atoms with Gasteiger partial charge < -0.3 is 78.9 Å². The topological polar surface area (TPSA) is 423 Å². The molecule has 27 heteroatoms. The fourth-order valence-corrected chi connectivity index (χ4v) is 7.55. The van der Waals surface area contributed by atoms with Crippen molar-refractivity contribution >= 4 is 71.0 Å². The molecule has 2 fully saturated rings. The summed E-state index contributed by atoms with van der Waals surface area (Å²) in [7, 11) is 0. The number of rotatable bonds is 30. The SMILES string of the molecule is CCCCC[C@H](NC(=O)[C@@H]1CCCN1C(=O)CNC(=O)[C@H](C)NC(=O)[C@H](CC(C)C)NC(=O)[C@@H](NC(=O)[C@H](CC(=O)O)NC(=O)[C@H](CCC(N)=O)NC(=O)CNC(=O)[C@@H]1C[C@@H](O)CN1)C(C)O)C(=O)O. The molecule has 1 unspecified atom stereocenters. The van der Waals surface area contributed by atoms with Crippen LogP contribution in [-0.4, -0.2) is 183 Å². The zero-order valence-corrected chi connectivity index (χ0v) is 40.2. The minimum atomic E-state index is -1.95. The Labute approximate surface area is 404 Å². The van der Waals surface area contributed by atoms with E-state index < -0.39 is 164 Å². The summed E-state index contributed by atoms with van der Waals surface area (Å²) in [6.07, 6.45) is -1.20. The molecule has 10 amide bonds. The molecule has 2 heterocycles. The van der Waals surface area contributed by atoms with E-state index in [-0.39, 0.29) is 44.7 Å². The van der Waals surface area contributed by atoms with Gasteiger partial charge >= 0.3 is 11.9 Å². The van der Waals surface area contributed by atoms with Crippen LogP contribution in [0.4, 0.5) is 0 Å². The van der Waals surface area contributed by atoms with E-state index >= 15 is 0 Å². The zero-order valence-electron chi connectivity index (χ0n) is 40.2. The van der Waals surface area contributed by atoms with Crippen LogP contribution in [-0.2, 0) is 57.5 Å². The van der Waals surface area contributed by atoms with Crippen LogP contribution in [0, 0.1) is 5.92 Å². The van der Waals surface area contributed by atoms with E-state index in [1.807, 2.05) is 6.92 Å². The average molecular weight is 998 g/mol. The maximum atomic E-state index is 13.6. The minimum absolute atomic E-state index is 0.0367. The average Bonchev–Trinajstić information content (AvgIpc) is 3.96. The van der Waals surface area contributed by atoms with Gasteiger partial charge in [0.15, 0.2) is 0 Å². The second-order valence-corrected chi connectivity index (χ2v) is 17.9. The highest BCUT2D eigenvalue weighted by Crippen LogP contribution is 2.18. The molecule has 0 spiro atoms. The molecule has 2 rings (SSSR count).